The van der Waals surface area contributed by atoms with Crippen molar-refractivity contribution in [2.75, 3.05) is 33.8 Å². The summed E-state index contributed by atoms with van der Waals surface area (Å²) < 4.78 is 27.5. The second-order valence-electron chi connectivity index (χ2n) is 8.45. The van der Waals surface area contributed by atoms with Crippen LogP contribution in [0.15, 0.2) is 65.3 Å². The lowest BCUT2D eigenvalue weighted by molar-refractivity contribution is -0.402. The van der Waals surface area contributed by atoms with E-state index >= 15 is 0 Å². The number of hydrogen-bond donors (Lipinski definition) is 3. The molecule has 1 aromatic heterocycles. The van der Waals surface area contributed by atoms with Gasteiger partial charge in [-0.3, -0.25) is 4.79 Å². The van der Waals surface area contributed by atoms with E-state index in [1.165, 1.54) is 28.4 Å². The first-order valence-corrected chi connectivity index (χ1v) is 11.7. The van der Waals surface area contributed by atoms with Crippen molar-refractivity contribution in [3.05, 3.63) is 66.4 Å². The Balaban J connectivity index is 0.00000420. The first-order valence-electron chi connectivity index (χ1n) is 11.7. The van der Waals surface area contributed by atoms with Gasteiger partial charge in [-0.25, -0.2) is 0 Å². The summed E-state index contributed by atoms with van der Waals surface area (Å²) in [6.07, 6.45) is 2.01. The largest absolute Gasteiger partial charge is 1.00 e. The molecule has 11 heteroatoms. The van der Waals surface area contributed by atoms with Gasteiger partial charge in [0.15, 0.2) is 23.3 Å². The summed E-state index contributed by atoms with van der Waals surface area (Å²) in [5.41, 5.74) is 7.47. The fourth-order valence-corrected chi connectivity index (χ4v) is 4.08. The van der Waals surface area contributed by atoms with Crippen molar-refractivity contribution in [1.29, 1.82) is 0 Å². The summed E-state index contributed by atoms with van der Waals surface area (Å²) in [6, 6.07) is 15.1. The third-order valence-electron chi connectivity index (χ3n) is 6.05. The van der Waals surface area contributed by atoms with Gasteiger partial charge in [-0.1, -0.05) is 23.4 Å². The number of carbonyl (C=O) groups is 1. The predicted molar refractivity (Wildman–Crippen MR) is 141 cm³/mol. The Kier molecular flexibility index (Phi) is 9.64. The minimum Gasteiger partial charge on any atom is -1.00 e. The van der Waals surface area contributed by atoms with Crippen molar-refractivity contribution in [3.8, 4) is 51.2 Å². The molecule has 0 spiro atoms. The van der Waals surface area contributed by atoms with Gasteiger partial charge in [-0.15, -0.1) is 0 Å². The molecule has 0 fully saturated rings. The van der Waals surface area contributed by atoms with E-state index in [1.807, 2.05) is 6.07 Å². The molecule has 1 amide bonds. The quantitative estimate of drug-likeness (QED) is 0.258. The van der Waals surface area contributed by atoms with E-state index in [1.54, 1.807) is 54.7 Å². The van der Waals surface area contributed by atoms with E-state index in [-0.39, 0.29) is 24.1 Å². The van der Waals surface area contributed by atoms with Gasteiger partial charge in [0.2, 0.25) is 5.75 Å². The van der Waals surface area contributed by atoms with E-state index in [0.29, 0.717) is 52.0 Å². The number of nitrogens with one attached hydrogen (secondary N) is 1. The van der Waals surface area contributed by atoms with E-state index in [4.69, 9.17) is 23.5 Å². The van der Waals surface area contributed by atoms with Crippen LogP contribution in [-0.4, -0.2) is 50.7 Å². The second kappa shape index (κ2) is 12.9. The molecule has 0 radical (unpaired) electrons. The zero-order chi connectivity index (χ0) is 27.2. The molecule has 1 atom stereocenters. The third-order valence-corrected chi connectivity index (χ3v) is 6.05. The van der Waals surface area contributed by atoms with Gasteiger partial charge in [-0.2, -0.15) is 0 Å². The van der Waals surface area contributed by atoms with Gasteiger partial charge in [0.1, 0.15) is 11.5 Å². The van der Waals surface area contributed by atoms with Crippen LogP contribution in [0.4, 0.5) is 5.69 Å². The van der Waals surface area contributed by atoms with Crippen molar-refractivity contribution in [2.24, 2.45) is 0 Å². The smallest absolute Gasteiger partial charge is 0.282 e. The highest BCUT2D eigenvalue weighted by atomic mass is 35.5. The van der Waals surface area contributed by atoms with Gasteiger partial charge < -0.3 is 52.0 Å². The normalized spacial score (nSPS) is 11.2. The number of rotatable bonds is 10. The van der Waals surface area contributed by atoms with E-state index in [0.717, 1.165) is 11.1 Å². The lowest BCUT2D eigenvalue weighted by Crippen LogP contribution is -3.00. The number of halogens is 1. The summed E-state index contributed by atoms with van der Waals surface area (Å²) in [4.78, 5) is 13.0. The molecule has 0 aliphatic carbocycles. The number of amides is 1. The number of quaternary nitrogens is 1. The van der Waals surface area contributed by atoms with Crippen LogP contribution in [0.2, 0.25) is 0 Å². The molecule has 1 unspecified atom stereocenters. The summed E-state index contributed by atoms with van der Waals surface area (Å²) in [7, 11) is 6.15. The van der Waals surface area contributed by atoms with E-state index in [2.05, 4.69) is 16.2 Å². The number of hydrogen-bond acceptors (Lipinski definition) is 8. The van der Waals surface area contributed by atoms with Crippen LogP contribution in [0.3, 0.4) is 0 Å². The zero-order valence-corrected chi connectivity index (χ0v) is 22.7. The van der Waals surface area contributed by atoms with Crippen molar-refractivity contribution in [3.63, 3.8) is 0 Å². The number of aromatic hydroxyl groups is 1. The Bertz CT molecular complexity index is 1400. The lowest BCUT2D eigenvalue weighted by atomic mass is 10.0. The maximum absolute atomic E-state index is 13.0. The fourth-order valence-electron chi connectivity index (χ4n) is 4.08. The molecule has 206 valence electrons. The lowest BCUT2D eigenvalue weighted by Gasteiger charge is -2.15. The molecule has 5 N–H and O–H groups in total. The standard InChI is InChI=1S/C28H29N3O7.ClH/c1-34-23-10-7-17(12-22(23)31-28(33)21(29)11-16-5-8-19(32)9-6-16)20-15-30-38-26(20)18-13-24(35-2)27(37-4)25(14-18)36-3;/h5-10,12-15,21,32H,11,29H2,1-4H3,(H,31,33);1H. The topological polar surface area (TPSA) is 140 Å². The SMILES string of the molecule is COc1ccc(-c2cnoc2-c2cc(OC)c(OC)c(OC)c2)cc1NC(=O)C([NH3+])Cc1ccc(O)cc1.[Cl-]. The van der Waals surface area contributed by atoms with Gasteiger partial charge in [-0.05, 0) is 47.5 Å². The summed E-state index contributed by atoms with van der Waals surface area (Å²) in [5, 5.41) is 16.4. The molecule has 0 bridgehead atoms. The average molecular weight is 556 g/mol. The molecule has 0 saturated heterocycles. The number of carbonyl (C=O) groups excluding carboxylic acids is 1. The van der Waals surface area contributed by atoms with Crippen molar-refractivity contribution in [1.82, 2.24) is 5.16 Å². The number of benzene rings is 3. The first-order chi connectivity index (χ1) is 18.4. The van der Waals surface area contributed by atoms with Crippen LogP contribution in [0.1, 0.15) is 5.56 Å². The second-order valence-corrected chi connectivity index (χ2v) is 8.45. The molecule has 10 nitrogen and oxygen atoms in total. The van der Waals surface area contributed by atoms with Gasteiger partial charge in [0.05, 0.1) is 40.3 Å². The maximum Gasteiger partial charge on any atom is 0.282 e. The molecule has 39 heavy (non-hydrogen) atoms. The van der Waals surface area contributed by atoms with Crippen LogP contribution in [0, 0.1) is 0 Å². The molecular weight excluding hydrogens is 526 g/mol. The summed E-state index contributed by atoms with van der Waals surface area (Å²) in [5.74, 6) is 2.27. The number of phenolic OH excluding ortho intramolecular Hbond substituents is 1. The van der Waals surface area contributed by atoms with Crippen LogP contribution < -0.4 is 42.4 Å². The molecule has 4 rings (SSSR count). The van der Waals surface area contributed by atoms with Crippen molar-refractivity contribution in [2.45, 2.75) is 12.5 Å². The summed E-state index contributed by atoms with van der Waals surface area (Å²) in [6.45, 7) is 0. The number of nitrogens with zero attached hydrogens (tertiary/aromatic N) is 1. The third kappa shape index (κ3) is 6.36. The number of phenols is 1. The van der Waals surface area contributed by atoms with Crippen LogP contribution in [-0.2, 0) is 11.2 Å². The number of aromatic nitrogens is 1. The van der Waals surface area contributed by atoms with Crippen molar-refractivity contribution >= 4 is 11.6 Å². The molecular formula is C28H30ClN3O7. The molecule has 0 saturated carbocycles. The maximum atomic E-state index is 13.0. The molecule has 1 heterocycles. The minimum absolute atomic E-state index is 0. The highest BCUT2D eigenvalue weighted by Gasteiger charge is 2.22. The number of anilines is 1. The Hall–Kier alpha value is -4.41. The molecule has 3 aromatic carbocycles. The highest BCUT2D eigenvalue weighted by molar-refractivity contribution is 5.96. The first kappa shape index (κ1) is 29.2. The molecule has 0 aliphatic heterocycles. The van der Waals surface area contributed by atoms with Gasteiger partial charge in [0, 0.05) is 17.5 Å². The van der Waals surface area contributed by atoms with Crippen molar-refractivity contribution < 1.29 is 51.5 Å². The Labute approximate surface area is 232 Å². The Morgan fingerprint density at radius 2 is 1.56 bits per heavy atom. The molecule has 0 aliphatic rings. The Morgan fingerprint density at radius 3 is 2.15 bits per heavy atom. The minimum atomic E-state index is -0.571. The van der Waals surface area contributed by atoms with Crippen LogP contribution >= 0.6 is 0 Å². The number of ether oxygens (including phenoxy) is 4. The predicted octanol–water partition coefficient (Wildman–Crippen LogP) is 0.544. The van der Waals surface area contributed by atoms with Gasteiger partial charge >= 0.3 is 0 Å². The zero-order valence-electron chi connectivity index (χ0n) is 22.0. The average Bonchev–Trinajstić information content (AvgIpc) is 3.43. The van der Waals surface area contributed by atoms with Gasteiger partial charge in [0.25, 0.3) is 5.91 Å². The molecule has 4 aromatic rings. The monoisotopic (exact) mass is 555 g/mol. The van der Waals surface area contributed by atoms with Crippen LogP contribution in [0.5, 0.6) is 28.7 Å². The van der Waals surface area contributed by atoms with Crippen LogP contribution in [0.25, 0.3) is 22.5 Å². The highest BCUT2D eigenvalue weighted by Crippen LogP contribution is 2.44. The summed E-state index contributed by atoms with van der Waals surface area (Å²) >= 11 is 0. The Morgan fingerprint density at radius 1 is 0.923 bits per heavy atom. The fraction of sp³-hybridized carbons (Fsp3) is 0.214. The van der Waals surface area contributed by atoms with E-state index < -0.39 is 6.04 Å². The van der Waals surface area contributed by atoms with E-state index in [9.17, 15) is 9.90 Å². The number of methoxy groups -OCH3 is 4.